The number of likely N-dealkylation sites (N-methyl/N-ethyl adjacent to an activating group) is 1. The van der Waals surface area contributed by atoms with E-state index >= 15 is 0 Å². The van der Waals surface area contributed by atoms with Crippen molar-refractivity contribution in [1.82, 2.24) is 9.62 Å². The minimum Gasteiger partial charge on any atom is -0.493 e. The van der Waals surface area contributed by atoms with E-state index < -0.39 is 10.0 Å². The van der Waals surface area contributed by atoms with Crippen LogP contribution in [0.3, 0.4) is 0 Å². The molecule has 0 spiro atoms. The molecule has 2 rings (SSSR count). The molecule has 1 aliphatic rings. The van der Waals surface area contributed by atoms with Crippen LogP contribution in [0.4, 0.5) is 0 Å². The predicted molar refractivity (Wildman–Crippen MR) is 97.1 cm³/mol. The van der Waals surface area contributed by atoms with Gasteiger partial charge in [-0.15, -0.1) is 0 Å². The minimum absolute atomic E-state index is 0.00121. The number of rotatable bonds is 7. The summed E-state index contributed by atoms with van der Waals surface area (Å²) in [5.41, 5.74) is 0. The topological polar surface area (TPSA) is 89.4 Å². The Balaban J connectivity index is 2.09. The molecule has 0 aromatic heterocycles. The van der Waals surface area contributed by atoms with Crippen molar-refractivity contribution in [3.8, 4) is 11.5 Å². The Labute approximate surface area is 155 Å². The van der Waals surface area contributed by atoms with E-state index in [-0.39, 0.29) is 16.8 Å². The van der Waals surface area contributed by atoms with Crippen LogP contribution in [0.15, 0.2) is 23.1 Å². The van der Waals surface area contributed by atoms with Crippen LogP contribution in [0.1, 0.15) is 13.8 Å². The summed E-state index contributed by atoms with van der Waals surface area (Å²) in [7, 11) is -0.640. The fraction of sp³-hybridized carbons (Fsp3) is 0.588. The molecule has 1 aliphatic heterocycles. The second-order valence-corrected chi connectivity index (χ2v) is 8.13. The van der Waals surface area contributed by atoms with Gasteiger partial charge >= 0.3 is 0 Å². The number of ether oxygens (including phenoxy) is 2. The number of carbonyl (C=O) groups excluding carboxylic acids is 1. The van der Waals surface area contributed by atoms with Crippen molar-refractivity contribution < 1.29 is 27.6 Å². The molecule has 26 heavy (non-hydrogen) atoms. The van der Waals surface area contributed by atoms with E-state index in [0.29, 0.717) is 44.2 Å². The Hall–Kier alpha value is -1.84. The molecule has 8 nitrogen and oxygen atoms in total. The molecule has 1 aromatic rings. The Morgan fingerprint density at radius 1 is 1.23 bits per heavy atom. The van der Waals surface area contributed by atoms with Crippen molar-refractivity contribution in [3.05, 3.63) is 18.2 Å². The number of carbonyl (C=O) groups is 1. The summed E-state index contributed by atoms with van der Waals surface area (Å²) in [5, 5.41) is 2.82. The second kappa shape index (κ2) is 8.70. The molecule has 9 heteroatoms. The van der Waals surface area contributed by atoms with Crippen molar-refractivity contribution in [3.63, 3.8) is 0 Å². The van der Waals surface area contributed by atoms with E-state index in [9.17, 15) is 13.2 Å². The van der Waals surface area contributed by atoms with Gasteiger partial charge in [0.05, 0.1) is 45.3 Å². The monoisotopic (exact) mass is 386 g/mol. The molecule has 1 heterocycles. The van der Waals surface area contributed by atoms with E-state index in [1.807, 2.05) is 13.8 Å². The van der Waals surface area contributed by atoms with Crippen LogP contribution >= 0.6 is 0 Å². The maximum Gasteiger partial charge on any atom is 0.278 e. The summed E-state index contributed by atoms with van der Waals surface area (Å²) in [6.45, 7) is 6.27. The number of nitrogens with zero attached hydrogens (tertiary/aromatic N) is 1. The van der Waals surface area contributed by atoms with Crippen molar-refractivity contribution in [2.24, 2.45) is 0 Å². The van der Waals surface area contributed by atoms with E-state index in [2.05, 4.69) is 5.32 Å². The van der Waals surface area contributed by atoms with Crippen molar-refractivity contribution >= 4 is 15.9 Å². The predicted octanol–water partition coefficient (Wildman–Crippen LogP) is -0.882. The third-order valence-electron chi connectivity index (χ3n) is 4.71. The number of amides is 1. The molecule has 0 saturated carbocycles. The van der Waals surface area contributed by atoms with Gasteiger partial charge in [0.25, 0.3) is 5.91 Å². The highest BCUT2D eigenvalue weighted by Crippen LogP contribution is 2.30. The molecular weight excluding hydrogens is 358 g/mol. The molecule has 1 atom stereocenters. The molecular formula is C17H28N3O5S+. The zero-order chi connectivity index (χ0) is 19.3. The summed E-state index contributed by atoms with van der Waals surface area (Å²) >= 11 is 0. The van der Waals surface area contributed by atoms with Crippen molar-refractivity contribution in [2.45, 2.75) is 24.8 Å². The van der Waals surface area contributed by atoms with Gasteiger partial charge in [-0.05, 0) is 26.0 Å². The van der Waals surface area contributed by atoms with Gasteiger partial charge in [-0.1, -0.05) is 0 Å². The molecule has 1 saturated heterocycles. The fourth-order valence-electron chi connectivity index (χ4n) is 3.09. The zero-order valence-corrected chi connectivity index (χ0v) is 16.6. The molecule has 0 bridgehead atoms. The SMILES string of the molecule is CCNC(=O)[C@H](C)[NH+]1CCN(S(=O)(=O)c2ccc(OC)c(OC)c2)CC1. The maximum absolute atomic E-state index is 12.9. The first-order valence-electron chi connectivity index (χ1n) is 8.69. The fourth-order valence-corrected chi connectivity index (χ4v) is 4.54. The molecule has 146 valence electrons. The number of benzene rings is 1. The summed E-state index contributed by atoms with van der Waals surface area (Å²) in [4.78, 5) is 13.3. The van der Waals surface area contributed by atoms with Crippen LogP contribution in [0.25, 0.3) is 0 Å². The molecule has 2 N–H and O–H groups in total. The Kier molecular flexibility index (Phi) is 6.85. The smallest absolute Gasteiger partial charge is 0.278 e. The van der Waals surface area contributed by atoms with Crippen LogP contribution in [-0.4, -0.2) is 71.6 Å². The van der Waals surface area contributed by atoms with Gasteiger partial charge < -0.3 is 19.7 Å². The molecule has 1 amide bonds. The van der Waals surface area contributed by atoms with Crippen molar-refractivity contribution in [1.29, 1.82) is 0 Å². The Morgan fingerprint density at radius 2 is 1.85 bits per heavy atom. The Morgan fingerprint density at radius 3 is 2.38 bits per heavy atom. The normalized spacial score (nSPS) is 17.5. The number of nitrogens with one attached hydrogen (secondary N) is 2. The van der Waals surface area contributed by atoms with E-state index in [1.54, 1.807) is 6.07 Å². The summed E-state index contributed by atoms with van der Waals surface area (Å²) in [6, 6.07) is 4.39. The summed E-state index contributed by atoms with van der Waals surface area (Å²) in [6.07, 6.45) is 0. The second-order valence-electron chi connectivity index (χ2n) is 6.20. The van der Waals surface area contributed by atoms with Gasteiger partial charge in [0.15, 0.2) is 17.5 Å². The number of hydrogen-bond acceptors (Lipinski definition) is 5. The number of sulfonamides is 1. The molecule has 0 radical (unpaired) electrons. The third-order valence-corrected chi connectivity index (χ3v) is 6.61. The average Bonchev–Trinajstić information content (AvgIpc) is 2.67. The molecule has 1 fully saturated rings. The van der Waals surface area contributed by atoms with Gasteiger partial charge in [0.1, 0.15) is 0 Å². The van der Waals surface area contributed by atoms with Gasteiger partial charge in [0.2, 0.25) is 10.0 Å². The largest absolute Gasteiger partial charge is 0.493 e. The van der Waals surface area contributed by atoms with Crippen molar-refractivity contribution in [2.75, 3.05) is 46.9 Å². The van der Waals surface area contributed by atoms with Crippen LogP contribution in [0, 0.1) is 0 Å². The van der Waals surface area contributed by atoms with Crippen LogP contribution in [0.2, 0.25) is 0 Å². The summed E-state index contributed by atoms with van der Waals surface area (Å²) < 4.78 is 37.6. The highest BCUT2D eigenvalue weighted by atomic mass is 32.2. The lowest BCUT2D eigenvalue weighted by atomic mass is 10.2. The molecule has 1 aromatic carbocycles. The van der Waals surface area contributed by atoms with E-state index in [1.165, 1.54) is 30.7 Å². The molecule has 0 aliphatic carbocycles. The first-order chi connectivity index (χ1) is 12.3. The zero-order valence-electron chi connectivity index (χ0n) is 15.7. The van der Waals surface area contributed by atoms with Gasteiger partial charge in [-0.3, -0.25) is 4.79 Å². The number of quaternary nitrogens is 1. The lowest BCUT2D eigenvalue weighted by molar-refractivity contribution is -0.917. The molecule has 0 unspecified atom stereocenters. The van der Waals surface area contributed by atoms with Gasteiger partial charge in [0, 0.05) is 12.6 Å². The highest BCUT2D eigenvalue weighted by Gasteiger charge is 2.34. The lowest BCUT2D eigenvalue weighted by Gasteiger charge is -2.34. The number of piperazine rings is 1. The number of methoxy groups -OCH3 is 2. The van der Waals surface area contributed by atoms with Crippen LogP contribution in [-0.2, 0) is 14.8 Å². The summed E-state index contributed by atoms with van der Waals surface area (Å²) in [5.74, 6) is 0.859. The van der Waals surface area contributed by atoms with Gasteiger partial charge in [-0.25, -0.2) is 8.42 Å². The third kappa shape index (κ3) is 4.28. The van der Waals surface area contributed by atoms with Crippen LogP contribution < -0.4 is 19.7 Å². The average molecular weight is 386 g/mol. The van der Waals surface area contributed by atoms with Gasteiger partial charge in [-0.2, -0.15) is 4.31 Å². The van der Waals surface area contributed by atoms with E-state index in [0.717, 1.165) is 4.90 Å². The quantitative estimate of drug-likeness (QED) is 0.635. The standard InChI is InChI=1S/C17H27N3O5S/c1-5-18-17(21)13(2)19-8-10-20(11-9-19)26(22,23)14-6-7-15(24-3)16(12-14)25-4/h6-7,12-13H,5,8-11H2,1-4H3,(H,18,21)/p+1/t13-/m0/s1. The maximum atomic E-state index is 12.9. The first kappa shape index (κ1) is 20.5. The Bertz CT molecular complexity index is 730. The number of hydrogen-bond donors (Lipinski definition) is 2. The minimum atomic E-state index is -3.62. The first-order valence-corrected chi connectivity index (χ1v) is 10.1. The van der Waals surface area contributed by atoms with Crippen LogP contribution in [0.5, 0.6) is 11.5 Å². The lowest BCUT2D eigenvalue weighted by Crippen LogP contribution is -3.19. The highest BCUT2D eigenvalue weighted by molar-refractivity contribution is 7.89. The van der Waals surface area contributed by atoms with E-state index in [4.69, 9.17) is 9.47 Å².